The van der Waals surface area contributed by atoms with Crippen molar-refractivity contribution >= 4 is 0 Å². The Morgan fingerprint density at radius 2 is 1.93 bits per heavy atom. The summed E-state index contributed by atoms with van der Waals surface area (Å²) in [7, 11) is 0. The van der Waals surface area contributed by atoms with Gasteiger partial charge in [0.25, 0.3) is 0 Å². The largest absolute Gasteiger partial charge is 0.393 e. The normalized spacial score (nSPS) is 20.4. The van der Waals surface area contributed by atoms with Crippen LogP contribution in [0.15, 0.2) is 0 Å². The van der Waals surface area contributed by atoms with Crippen molar-refractivity contribution < 1.29 is 5.11 Å². The number of rotatable bonds is 7. The minimum absolute atomic E-state index is 0.0774. The van der Waals surface area contributed by atoms with E-state index in [1.807, 2.05) is 0 Å². The highest BCUT2D eigenvalue weighted by atomic mass is 16.3. The van der Waals surface area contributed by atoms with Crippen LogP contribution in [-0.4, -0.2) is 48.8 Å². The van der Waals surface area contributed by atoms with Gasteiger partial charge in [0.15, 0.2) is 0 Å². The fourth-order valence-corrected chi connectivity index (χ4v) is 2.04. The summed E-state index contributed by atoms with van der Waals surface area (Å²) in [6.07, 6.45) is 5.53. The van der Waals surface area contributed by atoms with Gasteiger partial charge in [-0.15, -0.1) is 0 Å². The summed E-state index contributed by atoms with van der Waals surface area (Å²) in [5.74, 6) is 0. The van der Waals surface area contributed by atoms with Crippen LogP contribution < -0.4 is 5.32 Å². The summed E-state index contributed by atoms with van der Waals surface area (Å²) in [6, 6.07) is 0. The zero-order chi connectivity index (χ0) is 10.9. The average molecular weight is 214 g/mol. The summed E-state index contributed by atoms with van der Waals surface area (Å²) < 4.78 is 0. The van der Waals surface area contributed by atoms with Crippen LogP contribution in [0.2, 0.25) is 0 Å². The highest BCUT2D eigenvalue weighted by molar-refractivity contribution is 4.69. The van der Waals surface area contributed by atoms with Crippen LogP contribution in [0.1, 0.15) is 39.0 Å². The maximum absolute atomic E-state index is 9.76. The highest BCUT2D eigenvalue weighted by Gasteiger charge is 2.11. The second kappa shape index (κ2) is 8.08. The summed E-state index contributed by atoms with van der Waals surface area (Å²) >= 11 is 0. The van der Waals surface area contributed by atoms with Gasteiger partial charge in [-0.2, -0.15) is 0 Å². The summed E-state index contributed by atoms with van der Waals surface area (Å²) in [4.78, 5) is 2.44. The second-order valence-electron chi connectivity index (χ2n) is 4.53. The lowest BCUT2D eigenvalue weighted by Crippen LogP contribution is -2.44. The number of nitrogens with zero attached hydrogens (tertiary/aromatic N) is 1. The third-order valence-corrected chi connectivity index (χ3v) is 3.13. The van der Waals surface area contributed by atoms with E-state index in [-0.39, 0.29) is 6.10 Å². The van der Waals surface area contributed by atoms with Gasteiger partial charge in [0, 0.05) is 32.7 Å². The van der Waals surface area contributed by atoms with Gasteiger partial charge in [0.05, 0.1) is 6.10 Å². The molecule has 1 heterocycles. The molecule has 0 aliphatic carbocycles. The molecule has 1 aliphatic heterocycles. The predicted octanol–water partition coefficient (Wildman–Crippen LogP) is 1.22. The van der Waals surface area contributed by atoms with Crippen molar-refractivity contribution in [2.45, 2.75) is 45.1 Å². The highest BCUT2D eigenvalue weighted by Crippen LogP contribution is 2.07. The molecule has 1 aliphatic rings. The van der Waals surface area contributed by atoms with E-state index in [1.165, 1.54) is 19.3 Å². The molecule has 90 valence electrons. The Labute approximate surface area is 93.9 Å². The SMILES string of the molecule is CCCCCC(O)CCN1CCNCC1. The third kappa shape index (κ3) is 6.13. The van der Waals surface area contributed by atoms with Gasteiger partial charge in [-0.1, -0.05) is 26.2 Å². The molecule has 0 aromatic heterocycles. The maximum Gasteiger partial charge on any atom is 0.0552 e. The number of hydrogen-bond donors (Lipinski definition) is 2. The second-order valence-corrected chi connectivity index (χ2v) is 4.53. The zero-order valence-corrected chi connectivity index (χ0v) is 10.0. The monoisotopic (exact) mass is 214 g/mol. The minimum atomic E-state index is -0.0774. The Bertz CT molecular complexity index is 147. The van der Waals surface area contributed by atoms with Crippen molar-refractivity contribution in [1.82, 2.24) is 10.2 Å². The maximum atomic E-state index is 9.76. The van der Waals surface area contributed by atoms with Gasteiger partial charge in [-0.25, -0.2) is 0 Å². The van der Waals surface area contributed by atoms with E-state index in [1.54, 1.807) is 0 Å². The van der Waals surface area contributed by atoms with Gasteiger partial charge in [-0.3, -0.25) is 0 Å². The quantitative estimate of drug-likeness (QED) is 0.626. The van der Waals surface area contributed by atoms with E-state index >= 15 is 0 Å². The van der Waals surface area contributed by atoms with Crippen LogP contribution in [-0.2, 0) is 0 Å². The Morgan fingerprint density at radius 3 is 2.60 bits per heavy atom. The number of aliphatic hydroxyl groups is 1. The lowest BCUT2D eigenvalue weighted by molar-refractivity contribution is 0.125. The van der Waals surface area contributed by atoms with Crippen LogP contribution in [0.3, 0.4) is 0 Å². The molecule has 0 aromatic rings. The topological polar surface area (TPSA) is 35.5 Å². The van der Waals surface area contributed by atoms with Crippen LogP contribution in [0, 0.1) is 0 Å². The number of unbranched alkanes of at least 4 members (excludes halogenated alkanes) is 2. The fourth-order valence-electron chi connectivity index (χ4n) is 2.04. The van der Waals surface area contributed by atoms with Crippen molar-refractivity contribution in [3.8, 4) is 0 Å². The molecule has 0 aromatic carbocycles. The Balaban J connectivity index is 1.97. The van der Waals surface area contributed by atoms with Gasteiger partial charge in [0.2, 0.25) is 0 Å². The van der Waals surface area contributed by atoms with Gasteiger partial charge in [-0.05, 0) is 12.8 Å². The van der Waals surface area contributed by atoms with E-state index in [2.05, 4.69) is 17.1 Å². The zero-order valence-electron chi connectivity index (χ0n) is 10.0. The molecule has 0 radical (unpaired) electrons. The summed E-state index contributed by atoms with van der Waals surface area (Å²) in [5.41, 5.74) is 0. The molecule has 1 atom stereocenters. The van der Waals surface area contributed by atoms with Crippen molar-refractivity contribution in [2.24, 2.45) is 0 Å². The molecule has 1 saturated heterocycles. The Morgan fingerprint density at radius 1 is 1.20 bits per heavy atom. The van der Waals surface area contributed by atoms with E-state index in [0.29, 0.717) is 0 Å². The number of aliphatic hydroxyl groups excluding tert-OH is 1. The molecule has 1 fully saturated rings. The molecule has 0 spiro atoms. The van der Waals surface area contributed by atoms with Crippen molar-refractivity contribution in [2.75, 3.05) is 32.7 Å². The third-order valence-electron chi connectivity index (χ3n) is 3.13. The molecule has 0 amide bonds. The number of hydrogen-bond acceptors (Lipinski definition) is 3. The average Bonchev–Trinajstić information content (AvgIpc) is 2.28. The van der Waals surface area contributed by atoms with E-state index in [4.69, 9.17) is 0 Å². The Kier molecular flexibility index (Phi) is 6.98. The van der Waals surface area contributed by atoms with E-state index in [0.717, 1.165) is 45.6 Å². The Hall–Kier alpha value is -0.120. The standard InChI is InChI=1S/C12H26N2O/c1-2-3-4-5-12(15)6-9-14-10-7-13-8-11-14/h12-13,15H,2-11H2,1H3. The van der Waals surface area contributed by atoms with Crippen LogP contribution >= 0.6 is 0 Å². The van der Waals surface area contributed by atoms with E-state index < -0.39 is 0 Å². The first-order valence-corrected chi connectivity index (χ1v) is 6.44. The predicted molar refractivity (Wildman–Crippen MR) is 64.1 cm³/mol. The summed E-state index contributed by atoms with van der Waals surface area (Å²) in [5, 5.41) is 13.1. The van der Waals surface area contributed by atoms with E-state index in [9.17, 15) is 5.11 Å². The first kappa shape index (κ1) is 12.9. The number of nitrogens with one attached hydrogen (secondary N) is 1. The summed E-state index contributed by atoms with van der Waals surface area (Å²) in [6.45, 7) is 7.75. The molecular weight excluding hydrogens is 188 g/mol. The van der Waals surface area contributed by atoms with Crippen LogP contribution in [0.4, 0.5) is 0 Å². The molecule has 2 N–H and O–H groups in total. The molecule has 1 rings (SSSR count). The lowest BCUT2D eigenvalue weighted by atomic mass is 10.1. The molecule has 0 saturated carbocycles. The smallest absolute Gasteiger partial charge is 0.0552 e. The van der Waals surface area contributed by atoms with Crippen molar-refractivity contribution in [3.63, 3.8) is 0 Å². The first-order chi connectivity index (χ1) is 7.33. The molecular formula is C12H26N2O. The van der Waals surface area contributed by atoms with Gasteiger partial charge in [0.1, 0.15) is 0 Å². The van der Waals surface area contributed by atoms with Crippen molar-refractivity contribution in [1.29, 1.82) is 0 Å². The molecule has 3 nitrogen and oxygen atoms in total. The van der Waals surface area contributed by atoms with Gasteiger partial charge < -0.3 is 15.3 Å². The molecule has 3 heteroatoms. The minimum Gasteiger partial charge on any atom is -0.393 e. The fraction of sp³-hybridized carbons (Fsp3) is 1.00. The molecule has 15 heavy (non-hydrogen) atoms. The van der Waals surface area contributed by atoms with Crippen LogP contribution in [0.25, 0.3) is 0 Å². The number of piperazine rings is 1. The molecule has 0 bridgehead atoms. The first-order valence-electron chi connectivity index (χ1n) is 6.44. The lowest BCUT2D eigenvalue weighted by Gasteiger charge is -2.27. The van der Waals surface area contributed by atoms with Crippen molar-refractivity contribution in [3.05, 3.63) is 0 Å². The van der Waals surface area contributed by atoms with Gasteiger partial charge >= 0.3 is 0 Å². The van der Waals surface area contributed by atoms with Crippen LogP contribution in [0.5, 0.6) is 0 Å². The molecule has 1 unspecified atom stereocenters.